The zero-order valence-corrected chi connectivity index (χ0v) is 21.4. The minimum absolute atomic E-state index is 0.0170. The molecular formula is C30H35N3O3. The predicted molar refractivity (Wildman–Crippen MR) is 144 cm³/mol. The summed E-state index contributed by atoms with van der Waals surface area (Å²) in [6.07, 6.45) is 1.47. The molecule has 36 heavy (non-hydrogen) atoms. The minimum Gasteiger partial charge on any atom is -0.354 e. The molecule has 0 aromatic heterocycles. The minimum atomic E-state index is -0.564. The average molecular weight is 486 g/mol. The molecule has 0 fully saturated rings. The first-order valence-corrected chi connectivity index (χ1v) is 12.8. The molecule has 0 spiro atoms. The summed E-state index contributed by atoms with van der Waals surface area (Å²) in [5.41, 5.74) is 2.75. The van der Waals surface area contributed by atoms with Crippen molar-refractivity contribution in [2.75, 3.05) is 24.5 Å². The van der Waals surface area contributed by atoms with Gasteiger partial charge in [0, 0.05) is 37.0 Å². The highest BCUT2D eigenvalue weighted by molar-refractivity contribution is 6.25. The number of carbonyl (C=O) groups excluding carboxylic acids is 3. The van der Waals surface area contributed by atoms with Crippen LogP contribution in [0.4, 0.5) is 5.69 Å². The van der Waals surface area contributed by atoms with Crippen LogP contribution in [0, 0.1) is 5.92 Å². The summed E-state index contributed by atoms with van der Waals surface area (Å²) >= 11 is 0. The first-order valence-electron chi connectivity index (χ1n) is 12.8. The molecular weight excluding hydrogens is 450 g/mol. The molecule has 3 amide bonds. The van der Waals surface area contributed by atoms with Crippen LogP contribution in [0.3, 0.4) is 0 Å². The highest BCUT2D eigenvalue weighted by Crippen LogP contribution is 2.37. The van der Waals surface area contributed by atoms with E-state index in [9.17, 15) is 14.4 Å². The van der Waals surface area contributed by atoms with E-state index < -0.39 is 6.04 Å². The van der Waals surface area contributed by atoms with Crippen molar-refractivity contribution in [3.8, 4) is 0 Å². The number of hydrogen-bond acceptors (Lipinski definition) is 3. The summed E-state index contributed by atoms with van der Waals surface area (Å²) < 4.78 is 0. The highest BCUT2D eigenvalue weighted by atomic mass is 16.2. The number of nitrogens with one attached hydrogen (secondary N) is 1. The number of hydrogen-bond donors (Lipinski definition) is 1. The number of benzene rings is 3. The quantitative estimate of drug-likeness (QED) is 0.424. The lowest BCUT2D eigenvalue weighted by Gasteiger charge is -2.29. The molecule has 188 valence electrons. The third-order valence-electron chi connectivity index (χ3n) is 6.76. The van der Waals surface area contributed by atoms with E-state index in [1.54, 1.807) is 16.7 Å². The van der Waals surface area contributed by atoms with Gasteiger partial charge in [-0.1, -0.05) is 68.4 Å². The summed E-state index contributed by atoms with van der Waals surface area (Å²) in [5, 5.41) is 4.99. The maximum Gasteiger partial charge on any atom is 0.258 e. The van der Waals surface area contributed by atoms with Crippen LogP contribution >= 0.6 is 0 Å². The largest absolute Gasteiger partial charge is 0.354 e. The van der Waals surface area contributed by atoms with Gasteiger partial charge in [-0.2, -0.15) is 0 Å². The molecule has 4 rings (SSSR count). The molecule has 1 N–H and O–H groups in total. The summed E-state index contributed by atoms with van der Waals surface area (Å²) in [6.45, 7) is 7.38. The zero-order chi connectivity index (χ0) is 25.7. The molecule has 0 unspecified atom stereocenters. The van der Waals surface area contributed by atoms with Crippen molar-refractivity contribution in [3.63, 3.8) is 0 Å². The Bertz CT molecular complexity index is 1230. The topological polar surface area (TPSA) is 69.7 Å². The molecule has 0 aliphatic carbocycles. The van der Waals surface area contributed by atoms with Gasteiger partial charge in [0.1, 0.15) is 6.04 Å². The lowest BCUT2D eigenvalue weighted by molar-refractivity contribution is -0.140. The average Bonchev–Trinajstić information content (AvgIpc) is 3.16. The molecule has 1 aliphatic rings. The zero-order valence-electron chi connectivity index (χ0n) is 21.4. The molecule has 1 aliphatic heterocycles. The van der Waals surface area contributed by atoms with E-state index in [-0.39, 0.29) is 24.1 Å². The van der Waals surface area contributed by atoms with Gasteiger partial charge < -0.3 is 15.1 Å². The van der Waals surface area contributed by atoms with E-state index in [2.05, 4.69) is 5.32 Å². The Kier molecular flexibility index (Phi) is 8.04. The van der Waals surface area contributed by atoms with Crippen LogP contribution in [0.5, 0.6) is 0 Å². The molecule has 0 saturated carbocycles. The second-order valence-corrected chi connectivity index (χ2v) is 9.88. The number of carbonyl (C=O) groups is 3. The van der Waals surface area contributed by atoms with Gasteiger partial charge in [0.2, 0.25) is 11.8 Å². The van der Waals surface area contributed by atoms with Crippen LogP contribution < -0.4 is 10.2 Å². The monoisotopic (exact) mass is 485 g/mol. The molecule has 1 heterocycles. The number of nitrogens with zero attached hydrogens (tertiary/aromatic N) is 2. The van der Waals surface area contributed by atoms with E-state index in [1.807, 2.05) is 80.6 Å². The fourth-order valence-electron chi connectivity index (χ4n) is 4.76. The van der Waals surface area contributed by atoms with Crippen molar-refractivity contribution in [2.24, 2.45) is 5.92 Å². The Morgan fingerprint density at radius 3 is 2.39 bits per heavy atom. The molecule has 3 aromatic rings. The Morgan fingerprint density at radius 1 is 0.944 bits per heavy atom. The lowest BCUT2D eigenvalue weighted by atomic mass is 10.1. The van der Waals surface area contributed by atoms with Crippen LogP contribution in [-0.4, -0.2) is 48.3 Å². The second kappa shape index (κ2) is 11.4. The molecule has 6 heteroatoms. The van der Waals surface area contributed by atoms with Crippen molar-refractivity contribution < 1.29 is 14.4 Å². The Hall–Kier alpha value is -3.67. The fraction of sp³-hybridized carbons (Fsp3) is 0.367. The summed E-state index contributed by atoms with van der Waals surface area (Å²) in [5.74, 6) is 0.111. The van der Waals surface area contributed by atoms with E-state index in [0.29, 0.717) is 44.0 Å². The first-order chi connectivity index (χ1) is 17.4. The second-order valence-electron chi connectivity index (χ2n) is 9.88. The Morgan fingerprint density at radius 2 is 1.67 bits per heavy atom. The van der Waals surface area contributed by atoms with E-state index in [0.717, 1.165) is 22.0 Å². The summed E-state index contributed by atoms with van der Waals surface area (Å²) in [6, 6.07) is 21.1. The van der Waals surface area contributed by atoms with Gasteiger partial charge in [-0.15, -0.1) is 0 Å². The standard InChI is InChI=1S/C30H35N3O3/c1-21(2)20-31-29(35)22(3)32(19-17-23-10-5-4-6-11-23)27(34)16-9-18-33-26-15-8-13-24-12-7-14-25(28(24)26)30(33)36/h4-8,10-15,21-22H,9,16-20H2,1-3H3,(H,31,35)/t22-/m0/s1. The van der Waals surface area contributed by atoms with E-state index >= 15 is 0 Å². The molecule has 0 radical (unpaired) electrons. The molecule has 0 bridgehead atoms. The van der Waals surface area contributed by atoms with Gasteiger partial charge in [0.25, 0.3) is 5.91 Å². The summed E-state index contributed by atoms with van der Waals surface area (Å²) in [4.78, 5) is 42.7. The van der Waals surface area contributed by atoms with Gasteiger partial charge in [-0.05, 0) is 48.8 Å². The Balaban J connectivity index is 1.41. The third-order valence-corrected chi connectivity index (χ3v) is 6.76. The van der Waals surface area contributed by atoms with Crippen molar-refractivity contribution in [2.45, 2.75) is 46.1 Å². The molecule has 6 nitrogen and oxygen atoms in total. The van der Waals surface area contributed by atoms with Crippen molar-refractivity contribution in [1.82, 2.24) is 10.2 Å². The smallest absolute Gasteiger partial charge is 0.258 e. The van der Waals surface area contributed by atoms with Crippen molar-refractivity contribution in [1.29, 1.82) is 0 Å². The lowest BCUT2D eigenvalue weighted by Crippen LogP contribution is -2.49. The van der Waals surface area contributed by atoms with Gasteiger partial charge in [0.15, 0.2) is 0 Å². The maximum absolute atomic E-state index is 13.4. The van der Waals surface area contributed by atoms with Crippen LogP contribution in [-0.2, 0) is 16.0 Å². The molecule has 0 saturated heterocycles. The van der Waals surface area contributed by atoms with Crippen LogP contribution in [0.15, 0.2) is 66.7 Å². The highest BCUT2D eigenvalue weighted by Gasteiger charge is 2.30. The van der Waals surface area contributed by atoms with E-state index in [4.69, 9.17) is 0 Å². The molecule has 1 atom stereocenters. The van der Waals surface area contributed by atoms with Crippen LogP contribution in [0.1, 0.15) is 49.5 Å². The normalized spacial score (nSPS) is 13.3. The third kappa shape index (κ3) is 5.59. The predicted octanol–water partition coefficient (Wildman–Crippen LogP) is 4.81. The SMILES string of the molecule is CC(C)CNC(=O)[C@H](C)N(CCc1ccccc1)C(=O)CCCN1C(=O)c2cccc3cccc1c23. The van der Waals surface area contributed by atoms with Crippen molar-refractivity contribution in [3.05, 3.63) is 77.9 Å². The summed E-state index contributed by atoms with van der Waals surface area (Å²) in [7, 11) is 0. The van der Waals surface area contributed by atoms with Crippen LogP contribution in [0.2, 0.25) is 0 Å². The Labute approximate surface area is 213 Å². The van der Waals surface area contributed by atoms with Gasteiger partial charge in [0.05, 0.1) is 5.69 Å². The van der Waals surface area contributed by atoms with Gasteiger partial charge in [-0.3, -0.25) is 14.4 Å². The van der Waals surface area contributed by atoms with Gasteiger partial charge in [-0.25, -0.2) is 0 Å². The van der Waals surface area contributed by atoms with E-state index in [1.165, 1.54) is 0 Å². The van der Waals surface area contributed by atoms with Crippen molar-refractivity contribution >= 4 is 34.2 Å². The molecule has 3 aromatic carbocycles. The van der Waals surface area contributed by atoms with Gasteiger partial charge >= 0.3 is 0 Å². The number of amides is 3. The first kappa shape index (κ1) is 25.4. The maximum atomic E-state index is 13.4. The number of rotatable bonds is 11. The van der Waals surface area contributed by atoms with Crippen LogP contribution in [0.25, 0.3) is 10.8 Å². The fourth-order valence-corrected chi connectivity index (χ4v) is 4.76. The number of anilines is 1.